The van der Waals surface area contributed by atoms with Crippen molar-refractivity contribution in [2.24, 2.45) is 0 Å². The molecule has 3 heterocycles. The Morgan fingerprint density at radius 3 is 2.08 bits per heavy atom. The molecule has 4 aromatic carbocycles. The van der Waals surface area contributed by atoms with Gasteiger partial charge < -0.3 is 9.30 Å². The van der Waals surface area contributed by atoms with E-state index in [-0.39, 0.29) is 31.9 Å². The molecule has 0 amide bonds. The number of fused-ring (bicyclic) bond motifs is 3. The van der Waals surface area contributed by atoms with Crippen LogP contribution in [0, 0.1) is 32.9 Å². The van der Waals surface area contributed by atoms with Crippen LogP contribution in [0.3, 0.4) is 0 Å². The Balaban J connectivity index is 0.00000464. The van der Waals surface area contributed by atoms with Crippen LogP contribution in [0.15, 0.2) is 85.3 Å². The summed E-state index contributed by atoms with van der Waals surface area (Å²) in [6.07, 6.45) is 6.03. The minimum Gasteiger partial charge on any atom is -0.509 e. The van der Waals surface area contributed by atoms with Crippen LogP contribution >= 0.6 is 0 Å². The van der Waals surface area contributed by atoms with Crippen LogP contribution in [0.25, 0.3) is 44.4 Å². The summed E-state index contributed by atoms with van der Waals surface area (Å²) in [5, 5.41) is 7.13. The summed E-state index contributed by atoms with van der Waals surface area (Å²) < 4.78 is 10.6. The van der Waals surface area contributed by atoms with Gasteiger partial charge in [-0.15, -0.1) is 35.7 Å². The van der Waals surface area contributed by atoms with Gasteiger partial charge in [0.2, 0.25) is 0 Å². The number of ether oxygens (including phenoxy) is 1. The molecule has 0 saturated carbocycles. The predicted octanol–water partition coefficient (Wildman–Crippen LogP) is 12.1. The fourth-order valence-corrected chi connectivity index (χ4v) is 7.74. The van der Waals surface area contributed by atoms with Gasteiger partial charge in [-0.2, -0.15) is 17.2 Å². The Kier molecular flexibility index (Phi) is 9.91. The van der Waals surface area contributed by atoms with Gasteiger partial charge in [0.15, 0.2) is 0 Å². The van der Waals surface area contributed by atoms with E-state index in [0.29, 0.717) is 17.4 Å². The van der Waals surface area contributed by atoms with E-state index in [4.69, 9.17) is 14.8 Å². The molecule has 0 atom stereocenters. The van der Waals surface area contributed by atoms with Gasteiger partial charge in [-0.3, -0.25) is 4.68 Å². The fraction of sp³-hybridized carbons (Fsp3) is 0.304. The molecular weight excluding hydrogens is 820 g/mol. The van der Waals surface area contributed by atoms with Gasteiger partial charge >= 0.3 is 21.1 Å². The van der Waals surface area contributed by atoms with Crippen LogP contribution in [-0.2, 0) is 31.9 Å². The number of hydrogen-bond acceptors (Lipinski definition) is 3. The Morgan fingerprint density at radius 1 is 0.731 bits per heavy atom. The smallest absolute Gasteiger partial charge is 0.509 e. The predicted molar refractivity (Wildman–Crippen MR) is 211 cm³/mol. The van der Waals surface area contributed by atoms with Crippen LogP contribution in [0.1, 0.15) is 94.7 Å². The molecule has 5 nitrogen and oxygen atoms in total. The van der Waals surface area contributed by atoms with Crippen molar-refractivity contribution >= 4 is 21.8 Å². The summed E-state index contributed by atoms with van der Waals surface area (Å²) >= 11 is 0. The van der Waals surface area contributed by atoms with Crippen molar-refractivity contribution in [3.8, 4) is 34.1 Å². The number of para-hydroxylation sites is 1. The Labute approximate surface area is 323 Å². The van der Waals surface area contributed by atoms with Crippen molar-refractivity contribution in [2.75, 3.05) is 0 Å². The molecule has 0 N–H and O–H groups in total. The number of pyridine rings is 1. The molecule has 0 saturated heterocycles. The second-order valence-electron chi connectivity index (χ2n) is 16.2. The molecule has 6 heteroatoms. The van der Waals surface area contributed by atoms with Crippen LogP contribution < -0.4 is 4.74 Å². The summed E-state index contributed by atoms with van der Waals surface area (Å²) in [5.41, 5.74) is 13.2. The van der Waals surface area contributed by atoms with E-state index in [1.54, 1.807) is 0 Å². The molecule has 0 aliphatic rings. The van der Waals surface area contributed by atoms with Crippen molar-refractivity contribution in [2.45, 2.75) is 92.9 Å². The number of nitrogens with zero attached hydrogens (tertiary/aromatic N) is 4. The van der Waals surface area contributed by atoms with Gasteiger partial charge in [0.1, 0.15) is 5.82 Å². The number of aromatic nitrogens is 4. The minimum atomic E-state index is -0.0452. The molecule has 0 bridgehead atoms. The first-order chi connectivity index (χ1) is 24.1. The van der Waals surface area contributed by atoms with E-state index in [9.17, 15) is 0 Å². The van der Waals surface area contributed by atoms with Crippen molar-refractivity contribution in [3.63, 3.8) is 0 Å². The van der Waals surface area contributed by atoms with E-state index >= 15 is 0 Å². The summed E-state index contributed by atoms with van der Waals surface area (Å²) in [5.74, 6) is 2.46. The Bertz CT molecular complexity index is 2390. The Hall–Kier alpha value is -4.47. The maximum absolute atomic E-state index is 6.48. The average molecular weight is 868 g/mol. The van der Waals surface area contributed by atoms with Crippen molar-refractivity contribution in [1.82, 2.24) is 19.3 Å². The standard InChI is InChI=1S/C46H48N4O.Pt/c1-28(2)32-21-22-47-41(23-32)50-39-18-13-12-17-37(39)38-20-19-36(25-40(38)50)51-35-16-14-15-34(24-35)49-27-33(26-48-49)42-43(45(6,7)8)30(4)29(3)31(5)44(42)46(9,10)11;/h12-23,26-28H,1-11H3;/q-2;+2. The molecule has 0 fully saturated rings. The van der Waals surface area contributed by atoms with Gasteiger partial charge in [-0.05, 0) is 106 Å². The first-order valence-electron chi connectivity index (χ1n) is 18.0. The van der Waals surface area contributed by atoms with Gasteiger partial charge in [0.05, 0.1) is 6.20 Å². The first-order valence-corrected chi connectivity index (χ1v) is 18.0. The summed E-state index contributed by atoms with van der Waals surface area (Å²) in [4.78, 5) is 4.78. The molecule has 268 valence electrons. The number of hydrogen-bond donors (Lipinski definition) is 0. The summed E-state index contributed by atoms with van der Waals surface area (Å²) in [7, 11) is 0. The molecule has 0 radical (unpaired) electrons. The molecule has 7 aromatic rings. The molecule has 0 spiro atoms. The van der Waals surface area contributed by atoms with Gasteiger partial charge in [-0.1, -0.05) is 79.1 Å². The normalized spacial score (nSPS) is 12.2. The maximum Gasteiger partial charge on any atom is 2.00 e. The summed E-state index contributed by atoms with van der Waals surface area (Å²) in [6, 6.07) is 29.8. The molecule has 0 unspecified atom stereocenters. The third-order valence-electron chi connectivity index (χ3n) is 10.2. The SMILES string of the molecule is Cc1c(C)c(C(C)(C)C)c(-c2cnn(-c3[c-]c(Oc4[c-]c5c(cc4)c4ccccc4n5-c4cc(C(C)C)ccn4)ccc3)c2)c(C(C)(C)C)c1C.[Pt+2]. The average Bonchev–Trinajstić information content (AvgIpc) is 3.69. The minimum absolute atomic E-state index is 0. The number of rotatable bonds is 6. The molecular formula is C46H48N4OPt. The summed E-state index contributed by atoms with van der Waals surface area (Å²) in [6.45, 7) is 25.1. The largest absolute Gasteiger partial charge is 2.00 e. The molecule has 7 rings (SSSR count). The zero-order chi connectivity index (χ0) is 36.4. The quantitative estimate of drug-likeness (QED) is 0.156. The van der Waals surface area contributed by atoms with E-state index in [1.165, 1.54) is 38.9 Å². The third kappa shape index (κ3) is 6.65. The molecule has 3 aromatic heterocycles. The molecule has 52 heavy (non-hydrogen) atoms. The van der Waals surface area contributed by atoms with Gasteiger partial charge in [0, 0.05) is 35.0 Å². The van der Waals surface area contributed by atoms with Crippen molar-refractivity contribution in [1.29, 1.82) is 0 Å². The van der Waals surface area contributed by atoms with Crippen molar-refractivity contribution in [3.05, 3.63) is 131 Å². The maximum atomic E-state index is 6.48. The zero-order valence-corrected chi connectivity index (χ0v) is 34.4. The van der Waals surface area contributed by atoms with E-state index in [2.05, 4.69) is 142 Å². The second kappa shape index (κ2) is 13.8. The van der Waals surface area contributed by atoms with Crippen LogP contribution in [0.5, 0.6) is 11.5 Å². The Morgan fingerprint density at radius 2 is 1.40 bits per heavy atom. The number of benzene rings is 4. The van der Waals surface area contributed by atoms with Gasteiger partial charge in [-0.25, -0.2) is 4.98 Å². The monoisotopic (exact) mass is 867 g/mol. The van der Waals surface area contributed by atoms with Crippen LogP contribution in [0.2, 0.25) is 0 Å². The first kappa shape index (κ1) is 37.3. The molecule has 0 aliphatic heterocycles. The van der Waals surface area contributed by atoms with E-state index in [0.717, 1.165) is 38.9 Å². The second-order valence-corrected chi connectivity index (χ2v) is 16.2. The third-order valence-corrected chi connectivity index (χ3v) is 10.2. The topological polar surface area (TPSA) is 44.9 Å². The van der Waals surface area contributed by atoms with Crippen molar-refractivity contribution < 1.29 is 25.8 Å². The van der Waals surface area contributed by atoms with E-state index < -0.39 is 0 Å². The fourth-order valence-electron chi connectivity index (χ4n) is 7.74. The zero-order valence-electron chi connectivity index (χ0n) is 32.2. The molecule has 0 aliphatic carbocycles. The van der Waals surface area contributed by atoms with Crippen LogP contribution in [-0.4, -0.2) is 19.3 Å². The van der Waals surface area contributed by atoms with Gasteiger partial charge in [0.25, 0.3) is 0 Å². The van der Waals surface area contributed by atoms with Crippen LogP contribution in [0.4, 0.5) is 0 Å². The van der Waals surface area contributed by atoms with E-state index in [1.807, 2.05) is 41.3 Å².